The van der Waals surface area contributed by atoms with E-state index in [1.807, 2.05) is 0 Å². The highest BCUT2D eigenvalue weighted by molar-refractivity contribution is 6.31. The van der Waals surface area contributed by atoms with Gasteiger partial charge in [-0.3, -0.25) is 14.5 Å². The Morgan fingerprint density at radius 3 is 2.53 bits per heavy atom. The van der Waals surface area contributed by atoms with E-state index < -0.39 is 17.5 Å². The zero-order valence-corrected chi connectivity index (χ0v) is 17.1. The third-order valence-corrected chi connectivity index (χ3v) is 4.83. The van der Waals surface area contributed by atoms with E-state index in [1.165, 1.54) is 54.4 Å². The van der Waals surface area contributed by atoms with E-state index in [0.717, 1.165) is 6.07 Å². The molecule has 1 heterocycles. The highest BCUT2D eigenvalue weighted by Gasteiger charge is 2.18. The molecule has 0 spiro atoms. The van der Waals surface area contributed by atoms with Gasteiger partial charge in [-0.05, 0) is 35.9 Å². The third-order valence-electron chi connectivity index (χ3n) is 4.12. The van der Waals surface area contributed by atoms with Crippen LogP contribution in [-0.4, -0.2) is 16.8 Å². The van der Waals surface area contributed by atoms with Crippen molar-refractivity contribution < 1.29 is 18.4 Å². The predicted octanol–water partition coefficient (Wildman–Crippen LogP) is 5.53. The monoisotopic (exact) mass is 449 g/mol. The second kappa shape index (κ2) is 9.19. The number of benzene rings is 2. The van der Waals surface area contributed by atoms with Crippen LogP contribution in [0.15, 0.2) is 54.7 Å². The number of anilines is 3. The van der Waals surface area contributed by atoms with Crippen molar-refractivity contribution in [2.24, 2.45) is 0 Å². The molecule has 0 radical (unpaired) electrons. The SMILES string of the molecule is CC(=O)N(c1ccc(F)c(Cl)c1)c1cc(NC(=O)Cc2cccc(F)c2Cl)ccn1. The van der Waals surface area contributed by atoms with E-state index in [0.29, 0.717) is 16.9 Å². The average molecular weight is 450 g/mol. The van der Waals surface area contributed by atoms with Crippen LogP contribution in [0.1, 0.15) is 12.5 Å². The number of pyridine rings is 1. The van der Waals surface area contributed by atoms with Crippen molar-refractivity contribution in [2.45, 2.75) is 13.3 Å². The lowest BCUT2D eigenvalue weighted by Gasteiger charge is -2.21. The minimum Gasteiger partial charge on any atom is -0.326 e. The molecule has 1 aromatic heterocycles. The Balaban J connectivity index is 1.83. The standard InChI is InChI=1S/C21H15Cl2F2N3O2/c1-12(29)28(15-5-6-17(24)16(22)11-15)19-10-14(7-8-26-19)27-20(30)9-13-3-2-4-18(25)21(13)23/h2-8,10-11H,9H2,1H3,(H,26,27,30). The van der Waals surface area contributed by atoms with Gasteiger partial charge in [0, 0.05) is 24.9 Å². The summed E-state index contributed by atoms with van der Waals surface area (Å²) in [5.74, 6) is -1.84. The first kappa shape index (κ1) is 21.7. The summed E-state index contributed by atoms with van der Waals surface area (Å²) in [5, 5.41) is 2.40. The molecule has 5 nitrogen and oxygen atoms in total. The highest BCUT2D eigenvalue weighted by Crippen LogP contribution is 2.29. The van der Waals surface area contributed by atoms with Crippen LogP contribution in [0.25, 0.3) is 0 Å². The molecule has 3 aromatic rings. The summed E-state index contributed by atoms with van der Waals surface area (Å²) in [4.78, 5) is 29.9. The molecule has 0 atom stereocenters. The van der Waals surface area contributed by atoms with Gasteiger partial charge < -0.3 is 5.32 Å². The Morgan fingerprint density at radius 2 is 1.83 bits per heavy atom. The van der Waals surface area contributed by atoms with Crippen LogP contribution in [0, 0.1) is 11.6 Å². The molecular weight excluding hydrogens is 435 g/mol. The largest absolute Gasteiger partial charge is 0.326 e. The maximum atomic E-state index is 13.5. The molecule has 1 N–H and O–H groups in total. The molecule has 154 valence electrons. The van der Waals surface area contributed by atoms with E-state index in [4.69, 9.17) is 23.2 Å². The Morgan fingerprint density at radius 1 is 1.07 bits per heavy atom. The Hall–Kier alpha value is -3.03. The maximum absolute atomic E-state index is 13.5. The fourth-order valence-corrected chi connectivity index (χ4v) is 3.15. The molecule has 0 fully saturated rings. The molecule has 0 unspecified atom stereocenters. The van der Waals surface area contributed by atoms with Crippen LogP contribution < -0.4 is 10.2 Å². The molecule has 0 aliphatic carbocycles. The number of aromatic nitrogens is 1. The van der Waals surface area contributed by atoms with Gasteiger partial charge in [0.2, 0.25) is 11.8 Å². The van der Waals surface area contributed by atoms with Gasteiger partial charge in [-0.2, -0.15) is 0 Å². The van der Waals surface area contributed by atoms with E-state index in [2.05, 4.69) is 10.3 Å². The van der Waals surface area contributed by atoms with Crippen molar-refractivity contribution in [2.75, 3.05) is 10.2 Å². The van der Waals surface area contributed by atoms with Crippen LogP contribution in [-0.2, 0) is 16.0 Å². The van der Waals surface area contributed by atoms with E-state index >= 15 is 0 Å². The Kier molecular flexibility index (Phi) is 6.64. The summed E-state index contributed by atoms with van der Waals surface area (Å²) < 4.78 is 27.0. The predicted molar refractivity (Wildman–Crippen MR) is 112 cm³/mol. The molecule has 0 saturated carbocycles. The lowest BCUT2D eigenvalue weighted by atomic mass is 10.1. The van der Waals surface area contributed by atoms with Crippen molar-refractivity contribution in [1.29, 1.82) is 0 Å². The van der Waals surface area contributed by atoms with Gasteiger partial charge in [0.1, 0.15) is 17.5 Å². The maximum Gasteiger partial charge on any atom is 0.229 e. The van der Waals surface area contributed by atoms with Gasteiger partial charge >= 0.3 is 0 Å². The molecule has 2 amide bonds. The number of carbonyl (C=O) groups excluding carboxylic acids is 2. The van der Waals surface area contributed by atoms with Gasteiger partial charge in [0.05, 0.1) is 22.2 Å². The number of nitrogens with zero attached hydrogens (tertiary/aromatic N) is 2. The lowest BCUT2D eigenvalue weighted by molar-refractivity contribution is -0.116. The van der Waals surface area contributed by atoms with Gasteiger partial charge in [-0.25, -0.2) is 13.8 Å². The van der Waals surface area contributed by atoms with Gasteiger partial charge in [-0.1, -0.05) is 35.3 Å². The van der Waals surface area contributed by atoms with E-state index in [9.17, 15) is 18.4 Å². The summed E-state index contributed by atoms with van der Waals surface area (Å²) in [6, 6.07) is 11.1. The summed E-state index contributed by atoms with van der Waals surface area (Å²) in [7, 11) is 0. The quantitative estimate of drug-likeness (QED) is 0.556. The zero-order valence-electron chi connectivity index (χ0n) is 15.6. The van der Waals surface area contributed by atoms with Crippen LogP contribution in [0.3, 0.4) is 0 Å². The Labute approximate surface area is 181 Å². The molecule has 0 bridgehead atoms. The van der Waals surface area contributed by atoms with Crippen LogP contribution in [0.4, 0.5) is 26.0 Å². The fourth-order valence-electron chi connectivity index (χ4n) is 2.78. The molecule has 9 heteroatoms. The minimum absolute atomic E-state index is 0.112. The normalized spacial score (nSPS) is 10.6. The molecule has 0 aliphatic rings. The van der Waals surface area contributed by atoms with Crippen molar-refractivity contribution in [1.82, 2.24) is 4.98 Å². The third kappa shape index (κ3) is 4.93. The molecular formula is C21H15Cl2F2N3O2. The topological polar surface area (TPSA) is 62.3 Å². The van der Waals surface area contributed by atoms with Crippen molar-refractivity contribution in [3.63, 3.8) is 0 Å². The second-order valence-corrected chi connectivity index (χ2v) is 7.08. The number of hydrogen-bond acceptors (Lipinski definition) is 3. The van der Waals surface area contributed by atoms with Gasteiger partial charge in [0.15, 0.2) is 0 Å². The lowest BCUT2D eigenvalue weighted by Crippen LogP contribution is -2.24. The first-order chi connectivity index (χ1) is 14.3. The summed E-state index contributed by atoms with van der Waals surface area (Å²) in [6.07, 6.45) is 1.26. The number of carbonyl (C=O) groups is 2. The fraction of sp³-hybridized carbons (Fsp3) is 0.0952. The number of amides is 2. The molecule has 0 aliphatic heterocycles. The van der Waals surface area contributed by atoms with Crippen LogP contribution >= 0.6 is 23.2 Å². The van der Waals surface area contributed by atoms with Crippen molar-refractivity contribution >= 4 is 52.2 Å². The summed E-state index contributed by atoms with van der Waals surface area (Å²) in [5.41, 5.74) is 1.02. The molecule has 0 saturated heterocycles. The number of hydrogen-bond donors (Lipinski definition) is 1. The average Bonchev–Trinajstić information content (AvgIpc) is 2.68. The van der Waals surface area contributed by atoms with Gasteiger partial charge in [-0.15, -0.1) is 0 Å². The van der Waals surface area contributed by atoms with Crippen LogP contribution in [0.2, 0.25) is 10.0 Å². The van der Waals surface area contributed by atoms with Gasteiger partial charge in [0.25, 0.3) is 0 Å². The minimum atomic E-state index is -0.617. The first-order valence-electron chi connectivity index (χ1n) is 8.71. The van der Waals surface area contributed by atoms with Crippen molar-refractivity contribution in [3.8, 4) is 0 Å². The first-order valence-corrected chi connectivity index (χ1v) is 9.46. The Bertz CT molecular complexity index is 1130. The molecule has 2 aromatic carbocycles. The van der Waals surface area contributed by atoms with E-state index in [1.54, 1.807) is 6.07 Å². The molecule has 30 heavy (non-hydrogen) atoms. The number of rotatable bonds is 5. The second-order valence-electron chi connectivity index (χ2n) is 6.29. The summed E-state index contributed by atoms with van der Waals surface area (Å²) in [6.45, 7) is 1.32. The number of nitrogens with one attached hydrogen (secondary N) is 1. The van der Waals surface area contributed by atoms with E-state index in [-0.39, 0.29) is 28.2 Å². The number of halogens is 4. The highest BCUT2D eigenvalue weighted by atomic mass is 35.5. The summed E-state index contributed by atoms with van der Waals surface area (Å²) >= 11 is 11.7. The van der Waals surface area contributed by atoms with Crippen molar-refractivity contribution in [3.05, 3.63) is 82.0 Å². The molecule has 3 rings (SSSR count). The smallest absolute Gasteiger partial charge is 0.229 e. The van der Waals surface area contributed by atoms with Crippen LogP contribution in [0.5, 0.6) is 0 Å². The zero-order chi connectivity index (χ0) is 21.8.